The highest BCUT2D eigenvalue weighted by Gasteiger charge is 2.32. The predicted molar refractivity (Wildman–Crippen MR) is 113 cm³/mol. The second-order valence-electron chi connectivity index (χ2n) is 7.87. The second-order valence-corrected chi connectivity index (χ2v) is 7.87. The van der Waals surface area contributed by atoms with Crippen molar-refractivity contribution in [3.8, 4) is 5.75 Å². The number of pyridine rings is 1. The number of aromatic nitrogens is 1. The van der Waals surface area contributed by atoms with Crippen LogP contribution in [0.25, 0.3) is 10.9 Å². The minimum absolute atomic E-state index is 0.0377. The number of rotatable bonds is 4. The van der Waals surface area contributed by atoms with Gasteiger partial charge in [-0.05, 0) is 38.0 Å². The van der Waals surface area contributed by atoms with Crippen molar-refractivity contribution >= 4 is 22.5 Å². The number of carbonyl (C=O) groups is 1. The average molecular weight is 383 g/mol. The van der Waals surface area contributed by atoms with E-state index >= 15 is 0 Å². The number of ether oxygens (including phenoxy) is 1. The van der Waals surface area contributed by atoms with Gasteiger partial charge in [-0.2, -0.15) is 0 Å². The largest absolute Gasteiger partial charge is 0.495 e. The lowest BCUT2D eigenvalue weighted by molar-refractivity contribution is -0.130. The zero-order chi connectivity index (χ0) is 20.6. The Balaban J connectivity index is 2.04. The predicted octanol–water partition coefficient (Wildman–Crippen LogP) is 3.27. The number of nitrogens with zero attached hydrogens (tertiary/aromatic N) is 2. The van der Waals surface area contributed by atoms with E-state index in [1.54, 1.807) is 7.11 Å². The molecule has 0 bridgehead atoms. The third-order valence-electron chi connectivity index (χ3n) is 5.48. The van der Waals surface area contributed by atoms with E-state index in [1.165, 1.54) is 6.08 Å². The lowest BCUT2D eigenvalue weighted by atomic mass is 10.0. The van der Waals surface area contributed by atoms with Gasteiger partial charge in [0, 0.05) is 42.2 Å². The van der Waals surface area contributed by atoms with Crippen molar-refractivity contribution in [1.29, 1.82) is 0 Å². The third kappa shape index (κ3) is 3.51. The minimum atomic E-state index is -0.0592. The van der Waals surface area contributed by atoms with E-state index in [4.69, 9.17) is 4.74 Å². The van der Waals surface area contributed by atoms with Gasteiger partial charge < -0.3 is 19.5 Å². The van der Waals surface area contributed by atoms with Crippen LogP contribution in [0.2, 0.25) is 0 Å². The van der Waals surface area contributed by atoms with E-state index < -0.39 is 0 Å². The first kappa shape index (κ1) is 20.0. The molecule has 0 aliphatic carbocycles. The molecule has 0 spiro atoms. The average Bonchev–Trinajstić information content (AvgIpc) is 2.65. The molecule has 6 nitrogen and oxygen atoms in total. The van der Waals surface area contributed by atoms with Gasteiger partial charge >= 0.3 is 0 Å². The zero-order valence-electron chi connectivity index (χ0n) is 17.3. The molecule has 1 aromatic heterocycles. The summed E-state index contributed by atoms with van der Waals surface area (Å²) in [5.41, 5.74) is 2.44. The van der Waals surface area contributed by atoms with Gasteiger partial charge in [0.15, 0.2) is 0 Å². The fraction of sp³-hybridized carbons (Fsp3) is 0.455. The quantitative estimate of drug-likeness (QED) is 0.823. The summed E-state index contributed by atoms with van der Waals surface area (Å²) < 4.78 is 5.63. The van der Waals surface area contributed by atoms with E-state index in [-0.39, 0.29) is 29.5 Å². The van der Waals surface area contributed by atoms with E-state index in [0.717, 1.165) is 22.2 Å². The van der Waals surface area contributed by atoms with Gasteiger partial charge in [0.1, 0.15) is 5.75 Å². The summed E-state index contributed by atoms with van der Waals surface area (Å²) in [7, 11) is 1.63. The van der Waals surface area contributed by atoms with Crippen LogP contribution in [-0.2, 0) is 4.79 Å². The topological polar surface area (TPSA) is 65.6 Å². The first-order chi connectivity index (χ1) is 13.3. The highest BCUT2D eigenvalue weighted by atomic mass is 16.5. The summed E-state index contributed by atoms with van der Waals surface area (Å²) in [4.78, 5) is 31.6. The SMILES string of the molecule is C=CC(=O)N1[C@H](C)CN(c2cc3cc(C(C)C)c(=O)[nH]c3cc2OC)C[C@@H]1C. The number of amides is 1. The van der Waals surface area contributed by atoms with Crippen LogP contribution in [0.5, 0.6) is 5.75 Å². The number of H-pyrrole nitrogens is 1. The maximum absolute atomic E-state index is 12.3. The molecule has 2 aromatic rings. The van der Waals surface area contributed by atoms with Gasteiger partial charge in [-0.25, -0.2) is 0 Å². The molecule has 1 aliphatic rings. The van der Waals surface area contributed by atoms with Crippen molar-refractivity contribution in [3.63, 3.8) is 0 Å². The van der Waals surface area contributed by atoms with Gasteiger partial charge in [-0.15, -0.1) is 0 Å². The van der Waals surface area contributed by atoms with Crippen LogP contribution in [-0.4, -0.2) is 48.1 Å². The Morgan fingerprint density at radius 2 is 1.89 bits per heavy atom. The van der Waals surface area contributed by atoms with Gasteiger partial charge in [0.05, 0.1) is 18.3 Å². The Kier molecular flexibility index (Phi) is 5.49. The summed E-state index contributed by atoms with van der Waals surface area (Å²) in [5.74, 6) is 0.819. The van der Waals surface area contributed by atoms with E-state index in [1.807, 2.05) is 44.7 Å². The number of anilines is 1. The number of piperazine rings is 1. The van der Waals surface area contributed by atoms with Crippen molar-refractivity contribution in [1.82, 2.24) is 9.88 Å². The maximum Gasteiger partial charge on any atom is 0.251 e. The lowest BCUT2D eigenvalue weighted by Gasteiger charge is -2.45. The van der Waals surface area contributed by atoms with E-state index in [2.05, 4.69) is 22.5 Å². The fourth-order valence-corrected chi connectivity index (χ4v) is 4.14. The summed E-state index contributed by atoms with van der Waals surface area (Å²) in [5, 5.41) is 0.976. The van der Waals surface area contributed by atoms with Gasteiger partial charge in [0.25, 0.3) is 5.56 Å². The van der Waals surface area contributed by atoms with Crippen molar-refractivity contribution in [3.05, 3.63) is 46.8 Å². The molecule has 0 saturated carbocycles. The molecular weight excluding hydrogens is 354 g/mol. The van der Waals surface area contributed by atoms with Crippen LogP contribution in [0.4, 0.5) is 5.69 Å². The van der Waals surface area contributed by atoms with Crippen LogP contribution in [0.1, 0.15) is 39.2 Å². The summed E-state index contributed by atoms with van der Waals surface area (Å²) in [6.45, 7) is 13.1. The number of nitrogens with one attached hydrogen (secondary N) is 1. The molecule has 1 aliphatic heterocycles. The number of aromatic amines is 1. The number of hydrogen-bond donors (Lipinski definition) is 1. The molecule has 0 radical (unpaired) electrons. The number of benzene rings is 1. The van der Waals surface area contributed by atoms with Crippen LogP contribution in [0.15, 0.2) is 35.6 Å². The Morgan fingerprint density at radius 1 is 1.25 bits per heavy atom. The van der Waals surface area contributed by atoms with Crippen LogP contribution >= 0.6 is 0 Å². The zero-order valence-corrected chi connectivity index (χ0v) is 17.3. The first-order valence-electron chi connectivity index (χ1n) is 9.71. The number of carbonyl (C=O) groups excluding carboxylic acids is 1. The molecule has 1 aromatic carbocycles. The second kappa shape index (κ2) is 7.70. The highest BCUT2D eigenvalue weighted by molar-refractivity contribution is 5.88. The Morgan fingerprint density at radius 3 is 2.43 bits per heavy atom. The normalized spacial score (nSPS) is 19.9. The molecule has 3 rings (SSSR count). The Hall–Kier alpha value is -2.76. The monoisotopic (exact) mass is 383 g/mol. The fourth-order valence-electron chi connectivity index (χ4n) is 4.14. The van der Waals surface area contributed by atoms with Crippen LogP contribution < -0.4 is 15.2 Å². The number of fused-ring (bicyclic) bond motifs is 1. The van der Waals surface area contributed by atoms with Crippen LogP contribution in [0.3, 0.4) is 0 Å². The van der Waals surface area contributed by atoms with Crippen molar-refractivity contribution in [2.45, 2.75) is 45.7 Å². The molecule has 28 heavy (non-hydrogen) atoms. The standard InChI is InChI=1S/C22H29N3O3/c1-7-21(26)25-14(4)11-24(12-15(25)5)19-9-16-8-17(13(2)3)22(27)23-18(16)10-20(19)28-6/h7-10,13-15H,1,11-12H2,2-6H3,(H,23,27)/t14-,15+. The number of hydrogen-bond acceptors (Lipinski definition) is 4. The van der Waals surface area contributed by atoms with Crippen molar-refractivity contribution < 1.29 is 9.53 Å². The summed E-state index contributed by atoms with van der Waals surface area (Å²) >= 11 is 0. The van der Waals surface area contributed by atoms with E-state index in [9.17, 15) is 9.59 Å². The molecule has 2 atom stereocenters. The Labute approximate surface area is 165 Å². The third-order valence-corrected chi connectivity index (χ3v) is 5.48. The first-order valence-corrected chi connectivity index (χ1v) is 9.71. The molecule has 1 amide bonds. The summed E-state index contributed by atoms with van der Waals surface area (Å²) in [6.07, 6.45) is 1.38. The van der Waals surface area contributed by atoms with Gasteiger partial charge in [-0.1, -0.05) is 20.4 Å². The molecule has 1 fully saturated rings. The van der Waals surface area contributed by atoms with Gasteiger partial charge in [-0.3, -0.25) is 9.59 Å². The van der Waals surface area contributed by atoms with Gasteiger partial charge in [0.2, 0.25) is 5.91 Å². The maximum atomic E-state index is 12.3. The Bertz CT molecular complexity index is 951. The molecule has 150 valence electrons. The lowest BCUT2D eigenvalue weighted by Crippen LogP contribution is -2.58. The molecule has 1 saturated heterocycles. The minimum Gasteiger partial charge on any atom is -0.495 e. The summed E-state index contributed by atoms with van der Waals surface area (Å²) in [6, 6.07) is 6.02. The van der Waals surface area contributed by atoms with Crippen molar-refractivity contribution in [2.75, 3.05) is 25.1 Å². The molecule has 6 heteroatoms. The number of methoxy groups -OCH3 is 1. The van der Waals surface area contributed by atoms with Crippen molar-refractivity contribution in [2.24, 2.45) is 0 Å². The smallest absolute Gasteiger partial charge is 0.251 e. The molecule has 0 unspecified atom stereocenters. The van der Waals surface area contributed by atoms with E-state index in [0.29, 0.717) is 18.8 Å². The van der Waals surface area contributed by atoms with Crippen LogP contribution in [0, 0.1) is 0 Å². The molecule has 1 N–H and O–H groups in total. The molecule has 2 heterocycles. The highest BCUT2D eigenvalue weighted by Crippen LogP contribution is 2.35. The molecular formula is C22H29N3O3.